The van der Waals surface area contributed by atoms with E-state index >= 15 is 0 Å². The lowest BCUT2D eigenvalue weighted by Gasteiger charge is -2.25. The molecular weight excluding hydrogens is 412 g/mol. The number of halogens is 6. The van der Waals surface area contributed by atoms with Crippen molar-refractivity contribution >= 4 is 23.1 Å². The Balaban J connectivity index is 2.23. The molecule has 152 valence electrons. The number of benzene rings is 1. The molecule has 0 aliphatic carbocycles. The zero-order valence-corrected chi connectivity index (χ0v) is 15.2. The fourth-order valence-electron chi connectivity index (χ4n) is 2.21. The normalized spacial score (nSPS) is 13.5. The number of Topliss-reactive ketones (excluding diaryl/α,β-unsaturated/α-hetero) is 1. The Bertz CT molecular complexity index is 855. The third-order valence-corrected chi connectivity index (χ3v) is 4.62. The van der Waals surface area contributed by atoms with Crippen LogP contribution in [0.1, 0.15) is 21.5 Å². The quantitative estimate of drug-likeness (QED) is 0.298. The van der Waals surface area contributed by atoms with Crippen molar-refractivity contribution in [1.29, 1.82) is 0 Å². The van der Waals surface area contributed by atoms with E-state index in [1.54, 1.807) is 0 Å². The van der Waals surface area contributed by atoms with E-state index in [1.807, 2.05) is 0 Å². The molecule has 28 heavy (non-hydrogen) atoms. The molecule has 4 nitrogen and oxygen atoms in total. The van der Waals surface area contributed by atoms with Gasteiger partial charge in [-0.3, -0.25) is 9.69 Å². The molecule has 1 heterocycles. The van der Waals surface area contributed by atoms with Gasteiger partial charge in [0, 0.05) is 10.4 Å². The summed E-state index contributed by atoms with van der Waals surface area (Å²) in [6, 6.07) is 8.05. The van der Waals surface area contributed by atoms with Crippen molar-refractivity contribution in [1.82, 2.24) is 4.90 Å². The van der Waals surface area contributed by atoms with Crippen LogP contribution in [0.15, 0.2) is 36.4 Å². The molecule has 0 aliphatic heterocycles. The highest BCUT2D eigenvalue weighted by atomic mass is 32.1. The first-order valence-electron chi connectivity index (χ1n) is 7.56. The van der Waals surface area contributed by atoms with Crippen LogP contribution in [0, 0.1) is 0 Å². The molecule has 0 spiro atoms. The lowest BCUT2D eigenvalue weighted by molar-refractivity contribution is -0.212. The van der Waals surface area contributed by atoms with E-state index in [0.717, 1.165) is 6.07 Å². The molecule has 2 aromatic rings. The Hall–Kier alpha value is -2.40. The van der Waals surface area contributed by atoms with Crippen LogP contribution in [0.4, 0.5) is 26.3 Å². The van der Waals surface area contributed by atoms with Crippen LogP contribution in [-0.4, -0.2) is 43.1 Å². The van der Waals surface area contributed by atoms with Gasteiger partial charge in [0.15, 0.2) is 6.23 Å². The third kappa shape index (κ3) is 5.10. The zero-order valence-electron chi connectivity index (χ0n) is 14.4. The largest absolute Gasteiger partial charge is 0.490 e. The van der Waals surface area contributed by atoms with E-state index in [4.69, 9.17) is 0 Å². The summed E-state index contributed by atoms with van der Waals surface area (Å²) < 4.78 is 79.2. The number of ketones is 1. The summed E-state index contributed by atoms with van der Waals surface area (Å²) in [6.45, 7) is 0. The van der Waals surface area contributed by atoms with Gasteiger partial charge in [-0.1, -0.05) is 24.3 Å². The second-order valence-electron chi connectivity index (χ2n) is 5.83. The highest BCUT2D eigenvalue weighted by Gasteiger charge is 2.43. The summed E-state index contributed by atoms with van der Waals surface area (Å²) in [6.07, 6.45) is -11.4. The number of thiophene rings is 1. The first kappa shape index (κ1) is 21.9. The van der Waals surface area contributed by atoms with Crippen molar-refractivity contribution in [3.63, 3.8) is 0 Å². The Morgan fingerprint density at radius 2 is 1.50 bits per heavy atom. The van der Waals surface area contributed by atoms with Gasteiger partial charge in [-0.15, -0.1) is 11.3 Å². The third-order valence-electron chi connectivity index (χ3n) is 3.49. The number of rotatable bonds is 5. The second kappa shape index (κ2) is 7.92. The van der Waals surface area contributed by atoms with Gasteiger partial charge in [-0.2, -0.15) is 26.3 Å². The van der Waals surface area contributed by atoms with Crippen molar-refractivity contribution in [3.8, 4) is 10.4 Å². The van der Waals surface area contributed by atoms with Crippen LogP contribution in [0.25, 0.3) is 10.4 Å². The average Bonchev–Trinajstić information content (AvgIpc) is 3.06. The number of nitrogens with zero attached hydrogens (tertiary/aromatic N) is 1. The molecule has 0 saturated carbocycles. The van der Waals surface area contributed by atoms with Crippen molar-refractivity contribution in [2.45, 2.75) is 18.6 Å². The molecule has 0 N–H and O–H groups in total. The molecular formula is C17H13F6NO3S. The maximum absolute atomic E-state index is 12.5. The lowest BCUT2D eigenvalue weighted by Crippen LogP contribution is -2.32. The van der Waals surface area contributed by atoms with E-state index in [2.05, 4.69) is 4.74 Å². The minimum Gasteiger partial charge on any atom is -0.435 e. The number of carbonyl (C=O) groups excluding carboxylic acids is 2. The van der Waals surface area contributed by atoms with Gasteiger partial charge in [-0.05, 0) is 31.8 Å². The minimum absolute atomic E-state index is 0.231. The molecule has 0 bridgehead atoms. The van der Waals surface area contributed by atoms with Crippen LogP contribution in [0.5, 0.6) is 0 Å². The number of esters is 1. The number of carbonyl (C=O) groups is 2. The topological polar surface area (TPSA) is 46.6 Å². The van der Waals surface area contributed by atoms with E-state index in [9.17, 15) is 35.9 Å². The Kier molecular flexibility index (Phi) is 6.19. The van der Waals surface area contributed by atoms with E-state index in [-0.39, 0.29) is 5.56 Å². The molecule has 0 aliphatic rings. The van der Waals surface area contributed by atoms with Crippen LogP contribution in [0.3, 0.4) is 0 Å². The maximum Gasteiger partial charge on any atom is 0.490 e. The minimum atomic E-state index is -5.15. The summed E-state index contributed by atoms with van der Waals surface area (Å²) in [7, 11) is 2.83. The highest BCUT2D eigenvalue weighted by Crippen LogP contribution is 2.33. The molecule has 0 radical (unpaired) electrons. The zero-order chi connectivity index (χ0) is 21.3. The first-order chi connectivity index (χ1) is 12.8. The molecule has 0 amide bonds. The molecule has 1 aromatic heterocycles. The summed E-state index contributed by atoms with van der Waals surface area (Å²) in [5.74, 6) is -4.30. The molecule has 0 saturated heterocycles. The van der Waals surface area contributed by atoms with Crippen LogP contribution in [-0.2, 0) is 9.53 Å². The van der Waals surface area contributed by atoms with Gasteiger partial charge >= 0.3 is 18.3 Å². The van der Waals surface area contributed by atoms with Crippen LogP contribution >= 0.6 is 11.3 Å². The maximum atomic E-state index is 12.5. The molecule has 0 fully saturated rings. The summed E-state index contributed by atoms with van der Waals surface area (Å²) in [4.78, 5) is 23.5. The van der Waals surface area contributed by atoms with Crippen LogP contribution in [0.2, 0.25) is 0 Å². The highest BCUT2D eigenvalue weighted by molar-refractivity contribution is 7.17. The predicted octanol–water partition coefficient (Wildman–Crippen LogP) is 4.83. The van der Waals surface area contributed by atoms with Gasteiger partial charge in [0.2, 0.25) is 0 Å². The Labute approximate surface area is 159 Å². The standard InChI is InChI=1S/C17H13F6NO3S/c1-24(2)14(27-15(26)17(21,22)23)10-5-3-9(4-6-10)11-7-8-12(28-11)13(25)16(18,19)20/h3-8,14H,1-2H3. The summed E-state index contributed by atoms with van der Waals surface area (Å²) >= 11 is 0.641. The Morgan fingerprint density at radius 3 is 1.96 bits per heavy atom. The second-order valence-corrected chi connectivity index (χ2v) is 6.92. The van der Waals surface area contributed by atoms with Gasteiger partial charge < -0.3 is 4.74 Å². The van der Waals surface area contributed by atoms with Crippen molar-refractivity contribution in [3.05, 3.63) is 46.8 Å². The predicted molar refractivity (Wildman–Crippen MR) is 88.7 cm³/mol. The summed E-state index contributed by atoms with van der Waals surface area (Å²) in [5, 5.41) is 0. The van der Waals surface area contributed by atoms with Gasteiger partial charge in [0.25, 0.3) is 5.78 Å². The molecule has 11 heteroatoms. The first-order valence-corrected chi connectivity index (χ1v) is 8.38. The van der Waals surface area contributed by atoms with Gasteiger partial charge in [-0.25, -0.2) is 4.79 Å². The molecule has 1 atom stereocenters. The number of hydrogen-bond acceptors (Lipinski definition) is 5. The molecule has 1 aromatic carbocycles. The van der Waals surface area contributed by atoms with Crippen LogP contribution < -0.4 is 0 Å². The van der Waals surface area contributed by atoms with E-state index < -0.39 is 35.2 Å². The van der Waals surface area contributed by atoms with Crippen molar-refractivity contribution in [2.24, 2.45) is 0 Å². The van der Waals surface area contributed by atoms with Gasteiger partial charge in [0.05, 0.1) is 4.88 Å². The Morgan fingerprint density at radius 1 is 0.929 bits per heavy atom. The average molecular weight is 425 g/mol. The van der Waals surface area contributed by atoms with E-state index in [0.29, 0.717) is 21.8 Å². The van der Waals surface area contributed by atoms with Crippen molar-refractivity contribution < 1.29 is 40.7 Å². The molecule has 2 rings (SSSR count). The lowest BCUT2D eigenvalue weighted by atomic mass is 10.1. The monoisotopic (exact) mass is 425 g/mol. The number of alkyl halides is 6. The number of ether oxygens (including phenoxy) is 1. The summed E-state index contributed by atoms with van der Waals surface area (Å²) in [5.41, 5.74) is 0.684. The smallest absolute Gasteiger partial charge is 0.435 e. The van der Waals surface area contributed by atoms with Crippen molar-refractivity contribution in [2.75, 3.05) is 14.1 Å². The number of hydrogen-bond donors (Lipinski definition) is 0. The van der Waals surface area contributed by atoms with E-state index in [1.165, 1.54) is 49.3 Å². The fourth-order valence-corrected chi connectivity index (χ4v) is 3.18. The fraction of sp³-hybridized carbons (Fsp3) is 0.294. The van der Waals surface area contributed by atoms with Gasteiger partial charge in [0.1, 0.15) is 0 Å². The SMILES string of the molecule is CN(C)C(OC(=O)C(F)(F)F)c1ccc(-c2ccc(C(=O)C(F)(F)F)s2)cc1. The molecule has 1 unspecified atom stereocenters.